The van der Waals surface area contributed by atoms with Gasteiger partial charge >= 0.3 is 11.9 Å². The third-order valence-electron chi connectivity index (χ3n) is 8.01. The molecular weight excluding hydrogens is 598 g/mol. The van der Waals surface area contributed by atoms with Gasteiger partial charge in [0.15, 0.2) is 12.4 Å². The number of hydrogen-bond donors (Lipinski definition) is 0. The Labute approximate surface area is 287 Å². The molecule has 0 saturated carbocycles. The Bertz CT molecular complexity index is 795. The predicted octanol–water partition coefficient (Wildman–Crippen LogP) is 7.44. The van der Waals surface area contributed by atoms with Gasteiger partial charge in [-0.1, -0.05) is 116 Å². The number of quaternary nitrogens is 1. The zero-order valence-corrected chi connectivity index (χ0v) is 30.9. The average molecular weight is 670 g/mol. The zero-order chi connectivity index (χ0) is 35.0. The first-order valence-corrected chi connectivity index (χ1v) is 18.8. The number of esters is 2. The molecule has 2 atom stereocenters. The summed E-state index contributed by atoms with van der Waals surface area (Å²) >= 11 is 0. The van der Waals surface area contributed by atoms with Gasteiger partial charge in [-0.25, -0.2) is 0 Å². The highest BCUT2D eigenvalue weighted by Gasteiger charge is 2.21. The predicted molar refractivity (Wildman–Crippen MR) is 186 cm³/mol. The second-order valence-corrected chi connectivity index (χ2v) is 13.9. The van der Waals surface area contributed by atoms with Gasteiger partial charge in [-0.2, -0.15) is 0 Å². The van der Waals surface area contributed by atoms with E-state index in [0.29, 0.717) is 23.9 Å². The first kappa shape index (κ1) is 45.0. The van der Waals surface area contributed by atoms with Gasteiger partial charge in [-0.3, -0.25) is 9.59 Å². The molecule has 0 aromatic heterocycles. The van der Waals surface area contributed by atoms with Gasteiger partial charge < -0.3 is 33.3 Å². The molecule has 9 heteroatoms. The molecule has 2 unspecified atom stereocenters. The van der Waals surface area contributed by atoms with Crippen molar-refractivity contribution in [3.05, 3.63) is 12.2 Å². The zero-order valence-electron chi connectivity index (χ0n) is 30.9. The third-order valence-corrected chi connectivity index (χ3v) is 8.01. The number of allylic oxidation sites excluding steroid dienone is 2. The summed E-state index contributed by atoms with van der Waals surface area (Å²) < 4.78 is 22.4. The summed E-state index contributed by atoms with van der Waals surface area (Å²) in [6.45, 7) is 4.67. The number of carboxylic acids is 1. The number of carboxylic acid groups (broad SMARTS) is 1. The van der Waals surface area contributed by atoms with Crippen molar-refractivity contribution in [3.63, 3.8) is 0 Å². The van der Waals surface area contributed by atoms with Crippen molar-refractivity contribution in [1.82, 2.24) is 0 Å². The second-order valence-electron chi connectivity index (χ2n) is 13.9. The van der Waals surface area contributed by atoms with Crippen LogP contribution in [0.15, 0.2) is 12.2 Å². The minimum absolute atomic E-state index is 0.148. The molecule has 0 aliphatic carbocycles. The van der Waals surface area contributed by atoms with Crippen LogP contribution in [0.5, 0.6) is 0 Å². The number of unbranched alkanes of at least 4 members (excludes halogenated alkanes) is 17. The average Bonchev–Trinajstić information content (AvgIpc) is 3.02. The molecule has 0 fully saturated rings. The van der Waals surface area contributed by atoms with Crippen molar-refractivity contribution in [2.24, 2.45) is 0 Å². The van der Waals surface area contributed by atoms with Gasteiger partial charge in [0.05, 0.1) is 40.3 Å². The van der Waals surface area contributed by atoms with Crippen molar-refractivity contribution in [1.29, 1.82) is 0 Å². The van der Waals surface area contributed by atoms with E-state index < -0.39 is 24.3 Å². The van der Waals surface area contributed by atoms with Crippen LogP contribution in [0.3, 0.4) is 0 Å². The molecule has 0 N–H and O–H groups in total. The first-order valence-electron chi connectivity index (χ1n) is 18.8. The highest BCUT2D eigenvalue weighted by atomic mass is 16.7. The fourth-order valence-electron chi connectivity index (χ4n) is 5.00. The molecule has 47 heavy (non-hydrogen) atoms. The summed E-state index contributed by atoms with van der Waals surface area (Å²) in [7, 11) is 5.89. The maximum Gasteiger partial charge on any atom is 0.306 e. The molecule has 0 spiro atoms. The summed E-state index contributed by atoms with van der Waals surface area (Å²) in [5, 5.41) is 11.6. The van der Waals surface area contributed by atoms with E-state index in [1.807, 2.05) is 21.1 Å². The largest absolute Gasteiger partial charge is 0.545 e. The number of hydrogen-bond acceptors (Lipinski definition) is 8. The Morgan fingerprint density at radius 2 is 1.09 bits per heavy atom. The maximum atomic E-state index is 12.6. The fourth-order valence-corrected chi connectivity index (χ4v) is 5.00. The normalized spacial score (nSPS) is 13.1. The van der Waals surface area contributed by atoms with Crippen LogP contribution in [-0.2, 0) is 33.3 Å². The van der Waals surface area contributed by atoms with E-state index in [-0.39, 0.29) is 32.2 Å². The molecule has 0 aliphatic heterocycles. The topological polar surface area (TPSA) is 111 Å². The standard InChI is InChI=1S/C38H71NO8/c1-6-8-10-12-14-16-17-18-19-21-23-25-27-29-36(41)47-34(33-46-38(37(42)43)44-31-30-39(3,4)5)32-45-35(40)28-26-24-22-20-15-13-11-9-7-2/h16-17,34,38H,6-15,18-33H2,1-5H3/b17-16-. The van der Waals surface area contributed by atoms with Crippen molar-refractivity contribution < 1.29 is 42.9 Å². The molecule has 0 bridgehead atoms. The molecule has 9 nitrogen and oxygen atoms in total. The van der Waals surface area contributed by atoms with E-state index in [0.717, 1.165) is 51.4 Å². The van der Waals surface area contributed by atoms with Crippen LogP contribution in [0.1, 0.15) is 155 Å². The Morgan fingerprint density at radius 1 is 0.617 bits per heavy atom. The molecule has 0 aliphatic rings. The SMILES string of the molecule is CCCCCC/C=C\CCCCCCCC(=O)OC(COC(=O)CCCCCCCCCCC)COC(OCC[N+](C)(C)C)C(=O)[O-]. The minimum Gasteiger partial charge on any atom is -0.545 e. The van der Waals surface area contributed by atoms with Crippen LogP contribution < -0.4 is 5.11 Å². The molecule has 0 heterocycles. The highest BCUT2D eigenvalue weighted by molar-refractivity contribution is 5.70. The Hall–Kier alpha value is -1.97. The van der Waals surface area contributed by atoms with Crippen LogP contribution in [0.4, 0.5) is 0 Å². The number of carbonyl (C=O) groups is 3. The van der Waals surface area contributed by atoms with Gasteiger partial charge in [0.25, 0.3) is 0 Å². The van der Waals surface area contributed by atoms with E-state index in [4.69, 9.17) is 18.9 Å². The monoisotopic (exact) mass is 670 g/mol. The molecule has 0 saturated heterocycles. The van der Waals surface area contributed by atoms with E-state index in [1.165, 1.54) is 70.6 Å². The second kappa shape index (κ2) is 31.3. The van der Waals surface area contributed by atoms with Crippen molar-refractivity contribution in [2.45, 2.75) is 167 Å². The van der Waals surface area contributed by atoms with E-state index in [9.17, 15) is 19.5 Å². The lowest BCUT2D eigenvalue weighted by atomic mass is 10.1. The minimum atomic E-state index is -1.61. The lowest BCUT2D eigenvalue weighted by Crippen LogP contribution is -2.44. The molecule has 0 amide bonds. The van der Waals surface area contributed by atoms with Crippen LogP contribution in [0.2, 0.25) is 0 Å². The quantitative estimate of drug-likeness (QED) is 0.0229. The Morgan fingerprint density at radius 3 is 1.60 bits per heavy atom. The fraction of sp³-hybridized carbons (Fsp3) is 0.868. The first-order chi connectivity index (χ1) is 22.6. The Balaban J connectivity index is 4.56. The van der Waals surface area contributed by atoms with Crippen LogP contribution in [0, 0.1) is 0 Å². The molecule has 0 radical (unpaired) electrons. The van der Waals surface area contributed by atoms with Gasteiger partial charge in [0.2, 0.25) is 0 Å². The van der Waals surface area contributed by atoms with E-state index >= 15 is 0 Å². The smallest absolute Gasteiger partial charge is 0.306 e. The van der Waals surface area contributed by atoms with Crippen molar-refractivity contribution >= 4 is 17.9 Å². The van der Waals surface area contributed by atoms with Crippen molar-refractivity contribution in [3.8, 4) is 0 Å². The molecule has 0 aromatic rings. The van der Waals surface area contributed by atoms with Gasteiger partial charge in [-0.05, 0) is 38.5 Å². The molecular formula is C38H71NO8. The Kier molecular flexibility index (Phi) is 30.0. The number of nitrogens with zero attached hydrogens (tertiary/aromatic N) is 1. The van der Waals surface area contributed by atoms with Gasteiger partial charge in [-0.15, -0.1) is 0 Å². The molecule has 0 rings (SSSR count). The summed E-state index contributed by atoms with van der Waals surface area (Å²) in [5.74, 6) is -2.30. The molecule has 276 valence electrons. The highest BCUT2D eigenvalue weighted by Crippen LogP contribution is 2.13. The van der Waals surface area contributed by atoms with Crippen LogP contribution >= 0.6 is 0 Å². The molecule has 0 aromatic carbocycles. The summed E-state index contributed by atoms with van der Waals surface area (Å²) in [4.78, 5) is 36.6. The van der Waals surface area contributed by atoms with Crippen LogP contribution in [0.25, 0.3) is 0 Å². The van der Waals surface area contributed by atoms with Gasteiger partial charge in [0.1, 0.15) is 13.2 Å². The third kappa shape index (κ3) is 32.4. The van der Waals surface area contributed by atoms with E-state index in [1.54, 1.807) is 0 Å². The van der Waals surface area contributed by atoms with Crippen LogP contribution in [-0.4, -0.2) is 82.3 Å². The van der Waals surface area contributed by atoms with Crippen molar-refractivity contribution in [2.75, 3.05) is 47.5 Å². The summed E-state index contributed by atoms with van der Waals surface area (Å²) in [6.07, 6.45) is 25.3. The lowest BCUT2D eigenvalue weighted by Gasteiger charge is -2.26. The van der Waals surface area contributed by atoms with E-state index in [2.05, 4.69) is 26.0 Å². The number of ether oxygens (including phenoxy) is 4. The number of rotatable bonds is 34. The number of carbonyl (C=O) groups excluding carboxylic acids is 3. The lowest BCUT2D eigenvalue weighted by molar-refractivity contribution is -0.870. The number of likely N-dealkylation sites (N-methyl/N-ethyl adjacent to an activating group) is 1. The maximum absolute atomic E-state index is 12.6. The van der Waals surface area contributed by atoms with Gasteiger partial charge in [0, 0.05) is 12.8 Å². The summed E-state index contributed by atoms with van der Waals surface area (Å²) in [5.41, 5.74) is 0. The summed E-state index contributed by atoms with van der Waals surface area (Å²) in [6, 6.07) is 0. The number of aliphatic carboxylic acids is 1.